The number of allylic oxidation sites excluding steroid dienone is 1. The van der Waals surface area contributed by atoms with Crippen molar-refractivity contribution in [1.29, 1.82) is 0 Å². The minimum atomic E-state index is -0.101. The van der Waals surface area contributed by atoms with Gasteiger partial charge < -0.3 is 15.0 Å². The average Bonchev–Trinajstić information content (AvgIpc) is 3.29. The van der Waals surface area contributed by atoms with Gasteiger partial charge in [-0.15, -0.1) is 0 Å². The third-order valence-corrected chi connectivity index (χ3v) is 6.98. The van der Waals surface area contributed by atoms with Crippen LogP contribution < -0.4 is 5.32 Å². The number of hydrogen-bond donors (Lipinski definition) is 1. The molecule has 1 saturated heterocycles. The number of piperidine rings is 1. The number of methoxy groups -OCH3 is 1. The maximum Gasteiger partial charge on any atom is 0.222 e. The van der Waals surface area contributed by atoms with E-state index in [4.69, 9.17) is 4.74 Å². The Morgan fingerprint density at radius 1 is 1.21 bits per heavy atom. The fourth-order valence-electron chi connectivity index (χ4n) is 5.07. The standard InChI is InChI=1S/C25H38N2O2/c1-21(26-17-8-20-29-2)25(23-11-4-3-5-12-23)15-18-27(19-16-25)24(28)14-13-22-9-6-7-10-22/h3-5,11-12,22,26H,1,6-10,13-20H2,2H3. The summed E-state index contributed by atoms with van der Waals surface area (Å²) in [6.45, 7) is 7.68. The first kappa shape index (κ1) is 21.9. The number of hydrogen-bond acceptors (Lipinski definition) is 3. The molecule has 2 fully saturated rings. The highest BCUT2D eigenvalue weighted by molar-refractivity contribution is 5.76. The van der Waals surface area contributed by atoms with Crippen LogP contribution >= 0.6 is 0 Å². The van der Waals surface area contributed by atoms with Gasteiger partial charge in [0, 0.05) is 50.9 Å². The molecule has 1 amide bonds. The number of carbonyl (C=O) groups excluding carboxylic acids is 1. The van der Waals surface area contributed by atoms with Gasteiger partial charge in [0.2, 0.25) is 5.91 Å². The molecule has 1 saturated carbocycles. The van der Waals surface area contributed by atoms with Gasteiger partial charge in [0.25, 0.3) is 0 Å². The molecule has 4 nitrogen and oxygen atoms in total. The smallest absolute Gasteiger partial charge is 0.222 e. The Morgan fingerprint density at radius 3 is 2.55 bits per heavy atom. The summed E-state index contributed by atoms with van der Waals surface area (Å²) in [5.41, 5.74) is 2.29. The number of ether oxygens (including phenoxy) is 1. The summed E-state index contributed by atoms with van der Waals surface area (Å²) in [7, 11) is 1.74. The van der Waals surface area contributed by atoms with Crippen LogP contribution in [0, 0.1) is 5.92 Å². The highest BCUT2D eigenvalue weighted by Gasteiger charge is 2.39. The van der Waals surface area contributed by atoms with E-state index in [0.29, 0.717) is 5.91 Å². The summed E-state index contributed by atoms with van der Waals surface area (Å²) in [6.07, 6.45) is 9.96. The molecule has 1 aliphatic carbocycles. The Morgan fingerprint density at radius 2 is 1.90 bits per heavy atom. The molecule has 0 atom stereocenters. The van der Waals surface area contributed by atoms with E-state index in [0.717, 1.165) is 70.0 Å². The van der Waals surface area contributed by atoms with Crippen molar-refractivity contribution in [1.82, 2.24) is 10.2 Å². The molecular weight excluding hydrogens is 360 g/mol. The number of nitrogens with zero attached hydrogens (tertiary/aromatic N) is 1. The van der Waals surface area contributed by atoms with E-state index in [9.17, 15) is 4.79 Å². The molecule has 1 aliphatic heterocycles. The number of benzene rings is 1. The van der Waals surface area contributed by atoms with Crippen molar-refractivity contribution in [2.24, 2.45) is 5.92 Å². The SMILES string of the molecule is C=C(NCCCOC)C1(c2ccccc2)CCN(C(=O)CCC2CCCC2)CC1. The summed E-state index contributed by atoms with van der Waals surface area (Å²) in [5, 5.41) is 3.55. The molecule has 0 aromatic heterocycles. The average molecular weight is 399 g/mol. The predicted octanol–water partition coefficient (Wildman–Crippen LogP) is 4.66. The van der Waals surface area contributed by atoms with E-state index < -0.39 is 0 Å². The molecule has 3 rings (SSSR count). The van der Waals surface area contributed by atoms with Crippen molar-refractivity contribution in [2.75, 3.05) is 33.4 Å². The van der Waals surface area contributed by atoms with E-state index in [2.05, 4.69) is 47.1 Å². The third-order valence-electron chi connectivity index (χ3n) is 6.98. The van der Waals surface area contributed by atoms with E-state index in [1.807, 2.05) is 0 Å². The molecule has 4 heteroatoms. The largest absolute Gasteiger partial charge is 0.388 e. The van der Waals surface area contributed by atoms with Gasteiger partial charge in [-0.25, -0.2) is 0 Å². The molecule has 29 heavy (non-hydrogen) atoms. The first-order valence-corrected chi connectivity index (χ1v) is 11.4. The Kier molecular flexibility index (Phi) is 8.17. The zero-order valence-corrected chi connectivity index (χ0v) is 18.1. The van der Waals surface area contributed by atoms with Crippen LogP contribution in [0.25, 0.3) is 0 Å². The Balaban J connectivity index is 1.60. The first-order chi connectivity index (χ1) is 14.2. The van der Waals surface area contributed by atoms with Crippen LogP contribution in [0.2, 0.25) is 0 Å². The predicted molar refractivity (Wildman–Crippen MR) is 119 cm³/mol. The summed E-state index contributed by atoms with van der Waals surface area (Å²) in [6, 6.07) is 10.7. The molecule has 0 unspecified atom stereocenters. The van der Waals surface area contributed by atoms with Gasteiger partial charge in [-0.1, -0.05) is 62.6 Å². The van der Waals surface area contributed by atoms with Crippen molar-refractivity contribution in [3.63, 3.8) is 0 Å². The monoisotopic (exact) mass is 398 g/mol. The van der Waals surface area contributed by atoms with Crippen molar-refractivity contribution in [2.45, 2.75) is 63.2 Å². The minimum Gasteiger partial charge on any atom is -0.388 e. The highest BCUT2D eigenvalue weighted by atomic mass is 16.5. The lowest BCUT2D eigenvalue weighted by Gasteiger charge is -2.44. The van der Waals surface area contributed by atoms with Crippen LogP contribution in [0.5, 0.6) is 0 Å². The molecular formula is C25H38N2O2. The van der Waals surface area contributed by atoms with Gasteiger partial charge in [0.05, 0.1) is 0 Å². The van der Waals surface area contributed by atoms with Crippen molar-refractivity contribution in [3.05, 3.63) is 48.2 Å². The van der Waals surface area contributed by atoms with Crippen LogP contribution in [-0.2, 0) is 14.9 Å². The Bertz CT molecular complexity index is 644. The summed E-state index contributed by atoms with van der Waals surface area (Å²) >= 11 is 0. The number of nitrogens with one attached hydrogen (secondary N) is 1. The molecule has 1 aromatic carbocycles. The van der Waals surface area contributed by atoms with E-state index in [1.165, 1.54) is 31.2 Å². The Labute approximate surface area is 176 Å². The summed E-state index contributed by atoms with van der Waals surface area (Å²) in [4.78, 5) is 14.9. The van der Waals surface area contributed by atoms with Gasteiger partial charge in [0.15, 0.2) is 0 Å². The number of carbonyl (C=O) groups is 1. The normalized spacial score (nSPS) is 19.3. The molecule has 1 aromatic rings. The maximum absolute atomic E-state index is 12.8. The molecule has 1 N–H and O–H groups in total. The highest BCUT2D eigenvalue weighted by Crippen LogP contribution is 2.40. The zero-order chi connectivity index (χ0) is 20.5. The van der Waals surface area contributed by atoms with Crippen LogP contribution in [-0.4, -0.2) is 44.2 Å². The number of amides is 1. The lowest BCUT2D eigenvalue weighted by Crippen LogP contribution is -2.48. The fraction of sp³-hybridized carbons (Fsp3) is 0.640. The lowest BCUT2D eigenvalue weighted by atomic mass is 9.70. The molecule has 160 valence electrons. The molecule has 2 aliphatic rings. The lowest BCUT2D eigenvalue weighted by molar-refractivity contribution is -0.133. The summed E-state index contributed by atoms with van der Waals surface area (Å²) < 4.78 is 5.17. The number of rotatable bonds is 10. The van der Waals surface area contributed by atoms with E-state index in [-0.39, 0.29) is 5.41 Å². The second-order valence-corrected chi connectivity index (χ2v) is 8.77. The maximum atomic E-state index is 12.8. The molecule has 0 spiro atoms. The second-order valence-electron chi connectivity index (χ2n) is 8.77. The quantitative estimate of drug-likeness (QED) is 0.583. The van der Waals surface area contributed by atoms with Gasteiger partial charge >= 0.3 is 0 Å². The first-order valence-electron chi connectivity index (χ1n) is 11.4. The van der Waals surface area contributed by atoms with Crippen molar-refractivity contribution >= 4 is 5.91 Å². The van der Waals surface area contributed by atoms with Gasteiger partial charge in [-0.3, -0.25) is 4.79 Å². The third kappa shape index (κ3) is 5.63. The molecule has 1 heterocycles. The zero-order valence-electron chi connectivity index (χ0n) is 18.1. The molecule has 0 bridgehead atoms. The van der Waals surface area contributed by atoms with Crippen LogP contribution in [0.1, 0.15) is 63.4 Å². The van der Waals surface area contributed by atoms with Gasteiger partial charge in [-0.2, -0.15) is 0 Å². The van der Waals surface area contributed by atoms with Crippen molar-refractivity contribution in [3.8, 4) is 0 Å². The summed E-state index contributed by atoms with van der Waals surface area (Å²) in [5.74, 6) is 1.13. The van der Waals surface area contributed by atoms with Crippen LogP contribution in [0.15, 0.2) is 42.6 Å². The topological polar surface area (TPSA) is 41.6 Å². The fourth-order valence-corrected chi connectivity index (χ4v) is 5.07. The van der Waals surface area contributed by atoms with Crippen LogP contribution in [0.4, 0.5) is 0 Å². The van der Waals surface area contributed by atoms with E-state index >= 15 is 0 Å². The second kappa shape index (κ2) is 10.8. The number of likely N-dealkylation sites (tertiary alicyclic amines) is 1. The van der Waals surface area contributed by atoms with Gasteiger partial charge in [0.1, 0.15) is 0 Å². The van der Waals surface area contributed by atoms with E-state index in [1.54, 1.807) is 7.11 Å². The molecule has 0 radical (unpaired) electrons. The van der Waals surface area contributed by atoms with Crippen molar-refractivity contribution < 1.29 is 9.53 Å². The minimum absolute atomic E-state index is 0.101. The van der Waals surface area contributed by atoms with Crippen LogP contribution in [0.3, 0.4) is 0 Å². The Hall–Kier alpha value is -1.81. The van der Waals surface area contributed by atoms with Gasteiger partial charge in [-0.05, 0) is 37.2 Å².